The first kappa shape index (κ1) is 11.6. The number of ether oxygens (including phenoxy) is 1. The minimum atomic E-state index is -0.635. The van der Waals surface area contributed by atoms with E-state index in [0.717, 1.165) is 5.57 Å². The molecule has 0 aromatic carbocycles. The van der Waals surface area contributed by atoms with Crippen molar-refractivity contribution in [2.24, 2.45) is 0 Å². The summed E-state index contributed by atoms with van der Waals surface area (Å²) in [6.07, 6.45) is 3.47. The van der Waals surface area contributed by atoms with Crippen LogP contribution in [0, 0.1) is 0 Å². The Morgan fingerprint density at radius 1 is 1.59 bits per heavy atom. The Bertz CT molecular complexity index is 569. The number of H-pyrrole nitrogens is 1. The Labute approximate surface area is 96.5 Å². The minimum Gasteiger partial charge on any atom is -0.393 e. The second-order valence-corrected chi connectivity index (χ2v) is 3.59. The van der Waals surface area contributed by atoms with Gasteiger partial charge < -0.3 is 9.84 Å². The summed E-state index contributed by atoms with van der Waals surface area (Å²) in [5, 5.41) is 9.09. The number of hydrogen-bond donors (Lipinski definition) is 2. The largest absolute Gasteiger partial charge is 0.393 e. The van der Waals surface area contributed by atoms with Crippen LogP contribution in [0.15, 0.2) is 46.2 Å². The number of aliphatic hydroxyl groups excluding tert-OH is 1. The molecule has 6 nitrogen and oxygen atoms in total. The van der Waals surface area contributed by atoms with E-state index in [1.807, 2.05) is 0 Å². The van der Waals surface area contributed by atoms with Crippen molar-refractivity contribution in [1.82, 2.24) is 9.55 Å². The fourth-order valence-electron chi connectivity index (χ4n) is 1.68. The monoisotopic (exact) mass is 236 g/mol. The molecule has 1 aromatic heterocycles. The number of rotatable bonds is 3. The molecule has 2 atom stereocenters. The fraction of sp³-hybridized carbons (Fsp3) is 0.273. The van der Waals surface area contributed by atoms with E-state index in [4.69, 9.17) is 9.84 Å². The third kappa shape index (κ3) is 2.13. The van der Waals surface area contributed by atoms with Crippen molar-refractivity contribution < 1.29 is 9.84 Å². The molecular formula is C11H12N2O4. The van der Waals surface area contributed by atoms with Crippen molar-refractivity contribution in [2.45, 2.75) is 12.3 Å². The van der Waals surface area contributed by atoms with E-state index in [1.165, 1.54) is 16.8 Å². The minimum absolute atomic E-state index is 0.188. The second-order valence-electron chi connectivity index (χ2n) is 3.59. The summed E-state index contributed by atoms with van der Waals surface area (Å²) in [4.78, 5) is 24.6. The van der Waals surface area contributed by atoms with E-state index in [9.17, 15) is 9.59 Å². The SMILES string of the molecule is C=CC1=C[C@@H](n2ccc(=O)[nH]c2=O)O[C@H]1CO. The van der Waals surface area contributed by atoms with E-state index in [1.54, 1.807) is 12.2 Å². The molecule has 0 saturated heterocycles. The number of hydrogen-bond acceptors (Lipinski definition) is 4. The van der Waals surface area contributed by atoms with Crippen molar-refractivity contribution >= 4 is 0 Å². The van der Waals surface area contributed by atoms with Crippen molar-refractivity contribution in [3.05, 3.63) is 57.4 Å². The van der Waals surface area contributed by atoms with Gasteiger partial charge in [-0.05, 0) is 11.6 Å². The molecule has 1 aromatic rings. The lowest BCUT2D eigenvalue weighted by molar-refractivity contribution is -0.0128. The van der Waals surface area contributed by atoms with Gasteiger partial charge in [0, 0.05) is 12.3 Å². The second kappa shape index (κ2) is 4.52. The van der Waals surface area contributed by atoms with Crippen LogP contribution in [0.3, 0.4) is 0 Å². The lowest BCUT2D eigenvalue weighted by Crippen LogP contribution is -2.31. The highest BCUT2D eigenvalue weighted by Crippen LogP contribution is 2.26. The Balaban J connectivity index is 2.37. The van der Waals surface area contributed by atoms with E-state index in [-0.39, 0.29) is 6.61 Å². The molecular weight excluding hydrogens is 224 g/mol. The highest BCUT2D eigenvalue weighted by atomic mass is 16.5. The fourth-order valence-corrected chi connectivity index (χ4v) is 1.68. The summed E-state index contributed by atoms with van der Waals surface area (Å²) in [5.74, 6) is 0. The van der Waals surface area contributed by atoms with Crippen molar-refractivity contribution in [1.29, 1.82) is 0 Å². The van der Waals surface area contributed by atoms with E-state index < -0.39 is 23.6 Å². The topological polar surface area (TPSA) is 84.3 Å². The van der Waals surface area contributed by atoms with Crippen molar-refractivity contribution in [3.63, 3.8) is 0 Å². The van der Waals surface area contributed by atoms with Gasteiger partial charge in [-0.1, -0.05) is 12.7 Å². The molecule has 90 valence electrons. The Morgan fingerprint density at radius 2 is 2.35 bits per heavy atom. The number of nitrogens with zero attached hydrogens (tertiary/aromatic N) is 1. The molecule has 0 unspecified atom stereocenters. The van der Waals surface area contributed by atoms with Crippen LogP contribution in [0.25, 0.3) is 0 Å². The van der Waals surface area contributed by atoms with Crippen LogP contribution in [0.5, 0.6) is 0 Å². The van der Waals surface area contributed by atoms with Crippen LogP contribution in [-0.4, -0.2) is 27.4 Å². The van der Waals surface area contributed by atoms with Crippen LogP contribution in [-0.2, 0) is 4.74 Å². The first-order valence-corrected chi connectivity index (χ1v) is 5.07. The first-order valence-electron chi connectivity index (χ1n) is 5.07. The molecule has 2 N–H and O–H groups in total. The quantitative estimate of drug-likeness (QED) is 0.743. The van der Waals surface area contributed by atoms with Gasteiger partial charge in [-0.15, -0.1) is 0 Å². The molecule has 0 radical (unpaired) electrons. The van der Waals surface area contributed by atoms with Gasteiger partial charge in [0.1, 0.15) is 6.10 Å². The van der Waals surface area contributed by atoms with Gasteiger partial charge in [0.15, 0.2) is 6.23 Å². The molecule has 2 rings (SSSR count). The van der Waals surface area contributed by atoms with Crippen LogP contribution < -0.4 is 11.2 Å². The molecule has 1 aliphatic rings. The molecule has 0 amide bonds. The van der Waals surface area contributed by atoms with Gasteiger partial charge in [-0.25, -0.2) is 4.79 Å². The Hall–Kier alpha value is -1.92. The zero-order valence-electron chi connectivity index (χ0n) is 9.00. The van der Waals surface area contributed by atoms with Gasteiger partial charge in [-0.3, -0.25) is 14.3 Å². The molecule has 2 heterocycles. The highest BCUT2D eigenvalue weighted by molar-refractivity contribution is 5.25. The third-order valence-corrected chi connectivity index (χ3v) is 2.54. The standard InChI is InChI=1S/C11H12N2O4/c1-2-7-5-10(17-8(7)6-14)13-4-3-9(15)12-11(13)16/h2-5,8,10,14H,1,6H2,(H,12,15,16)/t8-,10-/m0/s1. The summed E-state index contributed by atoms with van der Waals surface area (Å²) < 4.78 is 6.68. The maximum absolute atomic E-state index is 11.5. The molecule has 0 spiro atoms. The third-order valence-electron chi connectivity index (χ3n) is 2.54. The number of nitrogens with one attached hydrogen (secondary N) is 1. The first-order chi connectivity index (χ1) is 8.15. The van der Waals surface area contributed by atoms with Crippen LogP contribution >= 0.6 is 0 Å². The summed E-state index contributed by atoms with van der Waals surface area (Å²) >= 11 is 0. The van der Waals surface area contributed by atoms with Crippen molar-refractivity contribution in [3.8, 4) is 0 Å². The summed E-state index contributed by atoms with van der Waals surface area (Å²) in [7, 11) is 0. The van der Waals surface area contributed by atoms with Crippen molar-refractivity contribution in [2.75, 3.05) is 6.61 Å². The predicted octanol–water partition coefficient (Wildman–Crippen LogP) is -0.461. The molecule has 0 fully saturated rings. The molecule has 0 saturated carbocycles. The zero-order valence-corrected chi connectivity index (χ0v) is 9.00. The maximum atomic E-state index is 11.5. The maximum Gasteiger partial charge on any atom is 0.330 e. The normalized spacial score (nSPS) is 23.5. The lowest BCUT2D eigenvalue weighted by Gasteiger charge is -2.14. The van der Waals surface area contributed by atoms with E-state index in [0.29, 0.717) is 0 Å². The number of aliphatic hydroxyl groups is 1. The Morgan fingerprint density at radius 3 is 2.88 bits per heavy atom. The van der Waals surface area contributed by atoms with Gasteiger partial charge in [-0.2, -0.15) is 0 Å². The Kier molecular flexibility index (Phi) is 3.08. The zero-order chi connectivity index (χ0) is 12.4. The van der Waals surface area contributed by atoms with Crippen LogP contribution in [0.1, 0.15) is 6.23 Å². The van der Waals surface area contributed by atoms with E-state index >= 15 is 0 Å². The number of aromatic nitrogens is 2. The van der Waals surface area contributed by atoms with Crippen LogP contribution in [0.4, 0.5) is 0 Å². The molecule has 1 aliphatic heterocycles. The highest BCUT2D eigenvalue weighted by Gasteiger charge is 2.26. The van der Waals surface area contributed by atoms with Gasteiger partial charge in [0.25, 0.3) is 5.56 Å². The number of aromatic amines is 1. The molecule has 17 heavy (non-hydrogen) atoms. The predicted molar refractivity (Wildman–Crippen MR) is 60.6 cm³/mol. The average Bonchev–Trinajstić information content (AvgIpc) is 2.72. The smallest absolute Gasteiger partial charge is 0.330 e. The van der Waals surface area contributed by atoms with Gasteiger partial charge >= 0.3 is 5.69 Å². The summed E-state index contributed by atoms with van der Waals surface area (Å²) in [6, 6.07) is 1.23. The molecule has 0 aliphatic carbocycles. The van der Waals surface area contributed by atoms with Gasteiger partial charge in [0.05, 0.1) is 6.61 Å². The lowest BCUT2D eigenvalue weighted by atomic mass is 10.1. The molecule has 6 heteroatoms. The van der Waals surface area contributed by atoms with Crippen LogP contribution in [0.2, 0.25) is 0 Å². The summed E-state index contributed by atoms with van der Waals surface area (Å²) in [6.45, 7) is 3.41. The molecule has 0 bridgehead atoms. The van der Waals surface area contributed by atoms with Gasteiger partial charge in [0.2, 0.25) is 0 Å². The van der Waals surface area contributed by atoms with E-state index in [2.05, 4.69) is 11.6 Å². The summed E-state index contributed by atoms with van der Waals surface area (Å²) in [5.41, 5.74) is -0.299. The average molecular weight is 236 g/mol.